The molecule has 8 heteroatoms. The van der Waals surface area contributed by atoms with Gasteiger partial charge in [0.1, 0.15) is 5.82 Å². The van der Waals surface area contributed by atoms with E-state index >= 15 is 0 Å². The first kappa shape index (κ1) is 19.4. The van der Waals surface area contributed by atoms with Gasteiger partial charge >= 0.3 is 6.03 Å². The number of aryl methyl sites for hydroxylation is 1. The van der Waals surface area contributed by atoms with E-state index in [0.717, 1.165) is 28.7 Å². The summed E-state index contributed by atoms with van der Waals surface area (Å²) in [5.74, 6) is 0.490. The van der Waals surface area contributed by atoms with Crippen LogP contribution in [0.1, 0.15) is 24.2 Å². The fraction of sp³-hybridized carbons (Fsp3) is 0.381. The normalized spacial score (nSPS) is 20.4. The Kier molecular flexibility index (Phi) is 5.73. The quantitative estimate of drug-likeness (QED) is 0.712. The number of hydrogen-bond acceptors (Lipinski definition) is 5. The van der Waals surface area contributed by atoms with Crippen LogP contribution in [0.2, 0.25) is 0 Å². The first-order valence-electron chi connectivity index (χ1n) is 9.76. The summed E-state index contributed by atoms with van der Waals surface area (Å²) in [6.07, 6.45) is 2.20. The van der Waals surface area contributed by atoms with E-state index in [9.17, 15) is 4.79 Å². The number of carbonyl (C=O) groups is 1. The van der Waals surface area contributed by atoms with Crippen molar-refractivity contribution >= 4 is 22.8 Å². The monoisotopic (exact) mass is 395 g/mol. The van der Waals surface area contributed by atoms with Crippen LogP contribution in [0.25, 0.3) is 10.9 Å². The molecular formula is C21H25N5O3. The maximum atomic E-state index is 12.6. The zero-order valence-electron chi connectivity index (χ0n) is 16.6. The summed E-state index contributed by atoms with van der Waals surface area (Å²) in [6.45, 7) is 3.52. The summed E-state index contributed by atoms with van der Waals surface area (Å²) >= 11 is 0. The SMILES string of the molecule is CCn1ncc2cc3nc(c21)C[C@H](OC)COC[C@H](c1ccccc1)NC(=O)N3. The second-order valence-electron chi connectivity index (χ2n) is 7.01. The number of urea groups is 1. The van der Waals surface area contributed by atoms with Gasteiger partial charge in [-0.1, -0.05) is 30.3 Å². The fourth-order valence-corrected chi connectivity index (χ4v) is 3.61. The number of fused-ring (bicyclic) bond motifs is 4. The van der Waals surface area contributed by atoms with Crippen LogP contribution in [-0.4, -0.2) is 47.2 Å². The Hall–Kier alpha value is -2.97. The van der Waals surface area contributed by atoms with E-state index in [1.54, 1.807) is 13.3 Å². The van der Waals surface area contributed by atoms with Crippen molar-refractivity contribution in [1.82, 2.24) is 20.1 Å². The number of carbonyl (C=O) groups excluding carboxylic acids is 1. The van der Waals surface area contributed by atoms with Gasteiger partial charge in [0.2, 0.25) is 0 Å². The Bertz CT molecular complexity index is 989. The third kappa shape index (κ3) is 4.23. The van der Waals surface area contributed by atoms with E-state index in [4.69, 9.17) is 14.5 Å². The van der Waals surface area contributed by atoms with Gasteiger partial charge in [-0.15, -0.1) is 0 Å². The third-order valence-corrected chi connectivity index (χ3v) is 5.08. The lowest BCUT2D eigenvalue weighted by Crippen LogP contribution is -2.36. The zero-order valence-corrected chi connectivity index (χ0v) is 16.6. The molecule has 2 aromatic heterocycles. The lowest BCUT2D eigenvalue weighted by molar-refractivity contribution is 0.00272. The molecule has 1 aromatic carbocycles. The second kappa shape index (κ2) is 8.59. The standard InChI is InChI=1S/C21H25N5O3/c1-3-26-20-15(11-22-26)9-19-23-17(20)10-16(28-2)12-29-13-18(24-21(27)25-19)14-7-5-4-6-8-14/h4-9,11,16,18H,3,10,12-13H2,1-2H3,(H2,23,24,25,27)/t16-,18+/m0/s1. The van der Waals surface area contributed by atoms with Gasteiger partial charge in [-0.3, -0.25) is 10.00 Å². The molecule has 1 aliphatic heterocycles. The Morgan fingerprint density at radius 2 is 2.10 bits per heavy atom. The number of anilines is 1. The molecule has 0 spiro atoms. The molecule has 0 saturated heterocycles. The molecule has 0 unspecified atom stereocenters. The van der Waals surface area contributed by atoms with Gasteiger partial charge in [0.05, 0.1) is 42.8 Å². The first-order chi connectivity index (χ1) is 14.2. The van der Waals surface area contributed by atoms with Crippen LogP contribution in [0, 0.1) is 0 Å². The number of pyridine rings is 1. The van der Waals surface area contributed by atoms with Crippen molar-refractivity contribution in [2.45, 2.75) is 32.0 Å². The number of rotatable bonds is 3. The third-order valence-electron chi connectivity index (χ3n) is 5.08. The summed E-state index contributed by atoms with van der Waals surface area (Å²) in [7, 11) is 1.67. The lowest BCUT2D eigenvalue weighted by atomic mass is 10.1. The molecule has 0 fully saturated rings. The van der Waals surface area contributed by atoms with E-state index < -0.39 is 0 Å². The Balaban J connectivity index is 1.70. The van der Waals surface area contributed by atoms with Crippen molar-refractivity contribution in [3.63, 3.8) is 0 Å². The van der Waals surface area contributed by atoms with Crippen LogP contribution >= 0.6 is 0 Å². The Labute approximate surface area is 169 Å². The van der Waals surface area contributed by atoms with Gasteiger partial charge in [-0.25, -0.2) is 9.78 Å². The number of hydrogen-bond donors (Lipinski definition) is 2. The average Bonchev–Trinajstić information content (AvgIpc) is 3.15. The zero-order chi connectivity index (χ0) is 20.2. The molecule has 3 heterocycles. The highest BCUT2D eigenvalue weighted by Gasteiger charge is 2.21. The molecule has 152 valence electrons. The highest BCUT2D eigenvalue weighted by atomic mass is 16.5. The molecule has 2 N–H and O–H groups in total. The summed E-state index contributed by atoms with van der Waals surface area (Å²) in [5.41, 5.74) is 2.76. The molecule has 2 amide bonds. The van der Waals surface area contributed by atoms with E-state index in [1.807, 2.05) is 48.0 Å². The van der Waals surface area contributed by atoms with Gasteiger partial charge in [0, 0.05) is 25.5 Å². The minimum Gasteiger partial charge on any atom is -0.379 e. The number of nitrogens with zero attached hydrogens (tertiary/aromatic N) is 3. The van der Waals surface area contributed by atoms with Crippen molar-refractivity contribution in [3.05, 3.63) is 53.9 Å². The van der Waals surface area contributed by atoms with E-state index in [0.29, 0.717) is 25.5 Å². The molecule has 4 rings (SSSR count). The van der Waals surface area contributed by atoms with Crippen LogP contribution in [-0.2, 0) is 22.4 Å². The van der Waals surface area contributed by atoms with E-state index in [2.05, 4.69) is 15.7 Å². The topological polar surface area (TPSA) is 90.3 Å². The molecular weight excluding hydrogens is 370 g/mol. The largest absolute Gasteiger partial charge is 0.379 e. The Morgan fingerprint density at radius 3 is 2.86 bits per heavy atom. The van der Waals surface area contributed by atoms with Gasteiger partial charge in [-0.05, 0) is 18.6 Å². The number of benzene rings is 1. The van der Waals surface area contributed by atoms with Gasteiger partial charge in [0.25, 0.3) is 0 Å². The van der Waals surface area contributed by atoms with E-state index in [-0.39, 0.29) is 18.2 Å². The van der Waals surface area contributed by atoms with Crippen molar-refractivity contribution < 1.29 is 14.3 Å². The highest BCUT2D eigenvalue weighted by Crippen LogP contribution is 2.24. The molecule has 3 aromatic rings. The summed E-state index contributed by atoms with van der Waals surface area (Å²) in [4.78, 5) is 17.3. The predicted octanol–water partition coefficient (Wildman–Crippen LogP) is 2.90. The van der Waals surface area contributed by atoms with Crippen LogP contribution in [0.15, 0.2) is 42.6 Å². The molecule has 0 radical (unpaired) electrons. The first-order valence-corrected chi connectivity index (χ1v) is 9.76. The van der Waals surface area contributed by atoms with Crippen LogP contribution < -0.4 is 10.6 Å². The van der Waals surface area contributed by atoms with Gasteiger partial charge < -0.3 is 14.8 Å². The minimum atomic E-state index is -0.327. The van der Waals surface area contributed by atoms with Crippen molar-refractivity contribution in [1.29, 1.82) is 0 Å². The van der Waals surface area contributed by atoms with Crippen molar-refractivity contribution in [3.8, 4) is 0 Å². The number of aromatic nitrogens is 3. The molecule has 0 saturated carbocycles. The minimum absolute atomic E-state index is 0.160. The average molecular weight is 395 g/mol. The highest BCUT2D eigenvalue weighted by molar-refractivity contribution is 5.92. The van der Waals surface area contributed by atoms with Crippen molar-refractivity contribution in [2.24, 2.45) is 0 Å². The molecule has 0 aliphatic carbocycles. The summed E-state index contributed by atoms with van der Waals surface area (Å²) < 4.78 is 13.5. The van der Waals surface area contributed by atoms with Crippen molar-refractivity contribution in [2.75, 3.05) is 25.6 Å². The van der Waals surface area contributed by atoms with Gasteiger partial charge in [0.15, 0.2) is 0 Å². The molecule has 2 atom stereocenters. The molecule has 29 heavy (non-hydrogen) atoms. The fourth-order valence-electron chi connectivity index (χ4n) is 3.61. The maximum absolute atomic E-state index is 12.6. The molecule has 8 nitrogen and oxygen atoms in total. The van der Waals surface area contributed by atoms with Crippen LogP contribution in [0.4, 0.5) is 10.6 Å². The van der Waals surface area contributed by atoms with Gasteiger partial charge in [-0.2, -0.15) is 5.10 Å². The molecule has 1 aliphatic rings. The Morgan fingerprint density at radius 1 is 1.28 bits per heavy atom. The summed E-state index contributed by atoms with van der Waals surface area (Å²) in [5, 5.41) is 11.2. The predicted molar refractivity (Wildman–Crippen MR) is 110 cm³/mol. The smallest absolute Gasteiger partial charge is 0.320 e. The second-order valence-corrected chi connectivity index (χ2v) is 7.01. The number of ether oxygens (including phenoxy) is 2. The summed E-state index contributed by atoms with van der Waals surface area (Å²) in [6, 6.07) is 11.0. The van der Waals surface area contributed by atoms with E-state index in [1.165, 1.54) is 0 Å². The lowest BCUT2D eigenvalue weighted by Gasteiger charge is -2.23. The van der Waals surface area contributed by atoms with Crippen LogP contribution in [0.5, 0.6) is 0 Å². The van der Waals surface area contributed by atoms with Crippen LogP contribution in [0.3, 0.4) is 0 Å². The number of amides is 2. The molecule has 2 bridgehead atoms. The number of nitrogens with one attached hydrogen (secondary N) is 2. The number of methoxy groups -OCH3 is 1. The maximum Gasteiger partial charge on any atom is 0.320 e.